The smallest absolute Gasteiger partial charge is 0.242 e. The molecule has 0 spiro atoms. The first-order valence-electron chi connectivity index (χ1n) is 5.67. The molecule has 0 aromatic carbocycles. The number of hydrogen-bond donors (Lipinski definition) is 2. The van der Waals surface area contributed by atoms with E-state index in [1.54, 1.807) is 14.0 Å². The summed E-state index contributed by atoms with van der Waals surface area (Å²) < 4.78 is 4.84. The number of carbonyl (C=O) groups excluding carboxylic acids is 1. The van der Waals surface area contributed by atoms with E-state index in [0.717, 1.165) is 0 Å². The first-order valence-corrected chi connectivity index (χ1v) is 6.05. The van der Waals surface area contributed by atoms with Gasteiger partial charge in [-0.1, -0.05) is 11.6 Å². The normalized spacial score (nSPS) is 11.5. The highest BCUT2D eigenvalue weighted by atomic mass is 35.5. The van der Waals surface area contributed by atoms with Gasteiger partial charge in [0.1, 0.15) is 17.0 Å². The lowest BCUT2D eigenvalue weighted by atomic mass is 10.2. The minimum Gasteiger partial charge on any atom is -0.383 e. The Labute approximate surface area is 116 Å². The molecular weight excluding hydrogens is 268 g/mol. The van der Waals surface area contributed by atoms with Crippen LogP contribution in [-0.4, -0.2) is 37.2 Å². The number of rotatable bonds is 6. The van der Waals surface area contributed by atoms with E-state index in [2.05, 4.69) is 15.6 Å². The van der Waals surface area contributed by atoms with Crippen LogP contribution in [0.15, 0.2) is 12.1 Å². The predicted octanol–water partition coefficient (Wildman–Crippen LogP) is 1.17. The van der Waals surface area contributed by atoms with E-state index in [4.69, 9.17) is 21.6 Å². The third-order valence-electron chi connectivity index (χ3n) is 2.29. The van der Waals surface area contributed by atoms with Crippen LogP contribution in [0, 0.1) is 11.3 Å². The van der Waals surface area contributed by atoms with Crippen molar-refractivity contribution in [2.45, 2.75) is 13.0 Å². The zero-order valence-corrected chi connectivity index (χ0v) is 11.5. The topological polar surface area (TPSA) is 87.0 Å². The monoisotopic (exact) mass is 282 g/mol. The Morgan fingerprint density at radius 3 is 3.00 bits per heavy atom. The highest BCUT2D eigenvalue weighted by molar-refractivity contribution is 6.29. The Morgan fingerprint density at radius 2 is 2.37 bits per heavy atom. The van der Waals surface area contributed by atoms with Crippen molar-refractivity contribution in [3.05, 3.63) is 22.8 Å². The lowest BCUT2D eigenvalue weighted by Crippen LogP contribution is -2.39. The summed E-state index contributed by atoms with van der Waals surface area (Å²) in [6, 6.07) is 4.47. The number of nitriles is 1. The predicted molar refractivity (Wildman–Crippen MR) is 71.9 cm³/mol. The molecule has 1 rings (SSSR count). The number of ether oxygens (including phenoxy) is 1. The molecule has 1 heterocycles. The van der Waals surface area contributed by atoms with Gasteiger partial charge >= 0.3 is 0 Å². The van der Waals surface area contributed by atoms with E-state index in [9.17, 15) is 4.79 Å². The Kier molecular flexibility index (Phi) is 6.06. The van der Waals surface area contributed by atoms with Crippen molar-refractivity contribution in [2.24, 2.45) is 0 Å². The number of pyridine rings is 1. The van der Waals surface area contributed by atoms with E-state index >= 15 is 0 Å². The molecule has 0 aliphatic carbocycles. The number of nitrogens with zero attached hydrogens (tertiary/aromatic N) is 2. The van der Waals surface area contributed by atoms with Crippen LogP contribution in [0.5, 0.6) is 0 Å². The Morgan fingerprint density at radius 1 is 1.63 bits per heavy atom. The minimum atomic E-state index is -0.491. The van der Waals surface area contributed by atoms with E-state index in [0.29, 0.717) is 24.5 Å². The fraction of sp³-hybridized carbons (Fsp3) is 0.417. The van der Waals surface area contributed by atoms with Crippen LogP contribution in [0.1, 0.15) is 12.5 Å². The highest BCUT2D eigenvalue weighted by Gasteiger charge is 2.13. The van der Waals surface area contributed by atoms with Crippen molar-refractivity contribution in [1.29, 1.82) is 5.26 Å². The molecule has 0 bridgehead atoms. The van der Waals surface area contributed by atoms with E-state index in [-0.39, 0.29) is 11.1 Å². The van der Waals surface area contributed by atoms with Crippen molar-refractivity contribution in [3.63, 3.8) is 0 Å². The van der Waals surface area contributed by atoms with Crippen LogP contribution >= 0.6 is 11.6 Å². The van der Waals surface area contributed by atoms with Gasteiger partial charge < -0.3 is 15.4 Å². The van der Waals surface area contributed by atoms with Gasteiger partial charge in [0.15, 0.2) is 0 Å². The van der Waals surface area contributed by atoms with Crippen LogP contribution < -0.4 is 10.6 Å². The fourth-order valence-electron chi connectivity index (χ4n) is 1.35. The van der Waals surface area contributed by atoms with E-state index in [1.807, 2.05) is 6.07 Å². The summed E-state index contributed by atoms with van der Waals surface area (Å²) in [5.41, 5.74) is 0.384. The maximum absolute atomic E-state index is 11.7. The second-order valence-electron chi connectivity index (χ2n) is 3.83. The molecule has 0 aliphatic heterocycles. The molecule has 102 valence electrons. The molecule has 1 amide bonds. The largest absolute Gasteiger partial charge is 0.383 e. The molecule has 0 saturated heterocycles. The van der Waals surface area contributed by atoms with E-state index < -0.39 is 6.04 Å². The van der Waals surface area contributed by atoms with Gasteiger partial charge in [-0.2, -0.15) is 5.26 Å². The number of amides is 1. The summed E-state index contributed by atoms with van der Waals surface area (Å²) in [6.07, 6.45) is 0. The zero-order chi connectivity index (χ0) is 14.3. The molecule has 7 heteroatoms. The zero-order valence-electron chi connectivity index (χ0n) is 10.7. The average Bonchev–Trinajstić information content (AvgIpc) is 2.38. The quantitative estimate of drug-likeness (QED) is 0.604. The van der Waals surface area contributed by atoms with Crippen molar-refractivity contribution in [2.75, 3.05) is 25.6 Å². The Balaban J connectivity index is 2.61. The number of halogens is 1. The minimum absolute atomic E-state index is 0.183. The Bertz CT molecular complexity index is 487. The molecule has 1 atom stereocenters. The van der Waals surface area contributed by atoms with Crippen LogP contribution in [-0.2, 0) is 9.53 Å². The van der Waals surface area contributed by atoms with Gasteiger partial charge in [0.2, 0.25) is 5.91 Å². The van der Waals surface area contributed by atoms with Gasteiger partial charge in [-0.15, -0.1) is 0 Å². The summed E-state index contributed by atoms with van der Waals surface area (Å²) in [6.45, 7) is 2.58. The van der Waals surface area contributed by atoms with Crippen LogP contribution in [0.4, 0.5) is 5.82 Å². The standard InChI is InChI=1S/C12H15ClN4O2/c1-8(12(18)15-3-4-19-2)16-11-6-9(7-14)5-10(13)17-11/h5-6,8H,3-4H2,1-2H3,(H,15,18)(H,16,17). The molecule has 0 saturated carbocycles. The molecule has 0 aliphatic rings. The van der Waals surface area contributed by atoms with E-state index in [1.165, 1.54) is 12.1 Å². The van der Waals surface area contributed by atoms with Gasteiger partial charge in [0, 0.05) is 13.7 Å². The third-order valence-corrected chi connectivity index (χ3v) is 2.48. The molecule has 2 N–H and O–H groups in total. The molecular formula is C12H15ClN4O2. The molecule has 19 heavy (non-hydrogen) atoms. The number of methoxy groups -OCH3 is 1. The van der Waals surface area contributed by atoms with Crippen molar-refractivity contribution in [1.82, 2.24) is 10.3 Å². The third kappa shape index (κ3) is 5.12. The summed E-state index contributed by atoms with van der Waals surface area (Å²) in [5, 5.41) is 14.6. The van der Waals surface area contributed by atoms with Gasteiger partial charge in [-0.05, 0) is 19.1 Å². The molecule has 0 fully saturated rings. The first kappa shape index (κ1) is 15.2. The van der Waals surface area contributed by atoms with Crippen LogP contribution in [0.3, 0.4) is 0 Å². The van der Waals surface area contributed by atoms with Gasteiger partial charge in [-0.25, -0.2) is 4.98 Å². The summed E-state index contributed by atoms with van der Waals surface area (Å²) in [5.74, 6) is 0.204. The lowest BCUT2D eigenvalue weighted by Gasteiger charge is -2.14. The maximum Gasteiger partial charge on any atom is 0.242 e. The maximum atomic E-state index is 11.7. The summed E-state index contributed by atoms with van der Waals surface area (Å²) in [4.78, 5) is 15.7. The molecule has 0 radical (unpaired) electrons. The molecule has 1 unspecified atom stereocenters. The van der Waals surface area contributed by atoms with Crippen molar-refractivity contribution >= 4 is 23.3 Å². The number of aromatic nitrogens is 1. The molecule has 1 aromatic rings. The summed E-state index contributed by atoms with van der Waals surface area (Å²) >= 11 is 5.77. The van der Waals surface area contributed by atoms with Crippen molar-refractivity contribution in [3.8, 4) is 6.07 Å². The lowest BCUT2D eigenvalue weighted by molar-refractivity contribution is -0.121. The molecule has 6 nitrogen and oxygen atoms in total. The van der Waals surface area contributed by atoms with Gasteiger partial charge in [-0.3, -0.25) is 4.79 Å². The fourth-order valence-corrected chi connectivity index (χ4v) is 1.56. The summed E-state index contributed by atoms with van der Waals surface area (Å²) in [7, 11) is 1.56. The molecule has 1 aromatic heterocycles. The number of carbonyl (C=O) groups is 1. The average molecular weight is 283 g/mol. The number of nitrogens with one attached hydrogen (secondary N) is 2. The van der Waals surface area contributed by atoms with Gasteiger partial charge in [0.05, 0.1) is 18.2 Å². The second-order valence-corrected chi connectivity index (χ2v) is 4.21. The van der Waals surface area contributed by atoms with Gasteiger partial charge in [0.25, 0.3) is 0 Å². The van der Waals surface area contributed by atoms with Crippen LogP contribution in [0.25, 0.3) is 0 Å². The Hall–Kier alpha value is -1.84. The first-order chi connectivity index (χ1) is 9.06. The van der Waals surface area contributed by atoms with Crippen molar-refractivity contribution < 1.29 is 9.53 Å². The number of hydrogen-bond acceptors (Lipinski definition) is 5. The van der Waals surface area contributed by atoms with Crippen LogP contribution in [0.2, 0.25) is 5.15 Å². The second kappa shape index (κ2) is 7.56. The number of anilines is 1. The SMILES string of the molecule is COCCNC(=O)C(C)Nc1cc(C#N)cc(Cl)n1. The highest BCUT2D eigenvalue weighted by Crippen LogP contribution is 2.14.